The Hall–Kier alpha value is -3.65. The molecule has 0 radical (unpaired) electrons. The molecular formula is C24H26N6O2. The van der Waals surface area contributed by atoms with Gasteiger partial charge >= 0.3 is 0 Å². The molecular weight excluding hydrogens is 404 g/mol. The van der Waals surface area contributed by atoms with E-state index in [1.807, 2.05) is 19.1 Å². The highest BCUT2D eigenvalue weighted by atomic mass is 16.1. The Kier molecular flexibility index (Phi) is 5.14. The molecule has 0 saturated carbocycles. The van der Waals surface area contributed by atoms with Crippen molar-refractivity contribution in [1.29, 1.82) is 0 Å². The predicted octanol–water partition coefficient (Wildman–Crippen LogP) is 2.39. The van der Waals surface area contributed by atoms with Crippen molar-refractivity contribution in [3.05, 3.63) is 69.9 Å². The van der Waals surface area contributed by atoms with Crippen LogP contribution >= 0.6 is 0 Å². The molecule has 0 spiro atoms. The number of rotatable bonds is 4. The number of nitrogens with zero attached hydrogens (tertiary/aromatic N) is 3. The normalized spacial score (nSPS) is 14.9. The number of aromatic nitrogens is 3. The number of aryl methyl sites for hydroxylation is 1. The molecule has 1 aliphatic rings. The summed E-state index contributed by atoms with van der Waals surface area (Å²) in [6.45, 7) is 6.45. The van der Waals surface area contributed by atoms with Crippen molar-refractivity contribution in [2.45, 2.75) is 13.5 Å². The monoisotopic (exact) mass is 430 g/mol. The Morgan fingerprint density at radius 2 is 1.91 bits per heavy atom. The molecule has 5 rings (SSSR count). The van der Waals surface area contributed by atoms with Gasteiger partial charge in [-0.3, -0.25) is 14.5 Å². The van der Waals surface area contributed by atoms with Crippen LogP contribution in [0.5, 0.6) is 0 Å². The molecule has 1 amide bonds. The summed E-state index contributed by atoms with van der Waals surface area (Å²) in [5.74, 6) is -0.168. The van der Waals surface area contributed by atoms with Crippen LogP contribution in [0.25, 0.3) is 21.8 Å². The van der Waals surface area contributed by atoms with Crippen LogP contribution in [-0.4, -0.2) is 59.0 Å². The van der Waals surface area contributed by atoms with Gasteiger partial charge in [-0.1, -0.05) is 12.1 Å². The van der Waals surface area contributed by atoms with Gasteiger partial charge in [0.25, 0.3) is 11.5 Å². The molecule has 1 fully saturated rings. The third-order valence-corrected chi connectivity index (χ3v) is 6.23. The average molecular weight is 431 g/mol. The molecule has 1 aliphatic heterocycles. The lowest BCUT2D eigenvalue weighted by Gasteiger charge is -2.36. The topological polar surface area (TPSA) is 97.1 Å². The maximum Gasteiger partial charge on any atom is 0.272 e. The first kappa shape index (κ1) is 20.3. The first-order chi connectivity index (χ1) is 15.5. The molecule has 3 aromatic heterocycles. The van der Waals surface area contributed by atoms with Gasteiger partial charge in [0, 0.05) is 62.3 Å². The van der Waals surface area contributed by atoms with E-state index >= 15 is 0 Å². The van der Waals surface area contributed by atoms with Crippen LogP contribution < -0.4 is 15.8 Å². The van der Waals surface area contributed by atoms with Crippen LogP contribution in [-0.2, 0) is 6.54 Å². The highest BCUT2D eigenvalue weighted by Gasteiger charge is 2.20. The van der Waals surface area contributed by atoms with E-state index in [1.54, 1.807) is 19.3 Å². The van der Waals surface area contributed by atoms with Gasteiger partial charge in [0.1, 0.15) is 11.2 Å². The lowest BCUT2D eigenvalue weighted by Crippen LogP contribution is -2.46. The second-order valence-electron chi connectivity index (χ2n) is 8.24. The van der Waals surface area contributed by atoms with Gasteiger partial charge in [-0.2, -0.15) is 0 Å². The van der Waals surface area contributed by atoms with Crippen LogP contribution in [0.4, 0.5) is 5.69 Å². The Bertz CT molecular complexity index is 1360. The number of carbonyl (C=O) groups excluding carboxylic acids is 1. The zero-order valence-electron chi connectivity index (χ0n) is 18.2. The molecule has 1 saturated heterocycles. The summed E-state index contributed by atoms with van der Waals surface area (Å²) >= 11 is 0. The van der Waals surface area contributed by atoms with Crippen molar-refractivity contribution in [2.24, 2.45) is 0 Å². The van der Waals surface area contributed by atoms with Gasteiger partial charge in [0.2, 0.25) is 0 Å². The first-order valence-electron chi connectivity index (χ1n) is 10.8. The second kappa shape index (κ2) is 8.12. The largest absolute Gasteiger partial charge is 0.368 e. The summed E-state index contributed by atoms with van der Waals surface area (Å²) in [5.41, 5.74) is 4.98. The summed E-state index contributed by atoms with van der Waals surface area (Å²) in [6.07, 6.45) is 1.80. The van der Waals surface area contributed by atoms with Gasteiger partial charge in [0.05, 0.1) is 11.4 Å². The fraction of sp³-hybridized carbons (Fsp3) is 0.292. The minimum atomic E-state index is -0.168. The number of aromatic amines is 2. The summed E-state index contributed by atoms with van der Waals surface area (Å²) in [4.78, 5) is 39.3. The molecule has 164 valence electrons. The third kappa shape index (κ3) is 3.62. The molecule has 8 heteroatoms. The minimum Gasteiger partial charge on any atom is -0.368 e. The van der Waals surface area contributed by atoms with E-state index in [0.717, 1.165) is 60.4 Å². The lowest BCUT2D eigenvalue weighted by molar-refractivity contribution is 0.0958. The van der Waals surface area contributed by atoms with Crippen molar-refractivity contribution in [3.8, 4) is 0 Å². The SMILES string of the molecule is CNC(=O)c1ccc(N2CCN(Cc3ccc4c(c3)[nH]c(=O)c3[nH]ccc34)CC2)c(C)n1. The quantitative estimate of drug-likeness (QED) is 0.462. The number of amides is 1. The standard InChI is InChI=1S/C24H26N6O2/c1-15-21(6-5-19(27-15)23(31)25-2)30-11-9-29(10-12-30)14-16-3-4-17-18-7-8-26-22(18)24(32)28-20(17)13-16/h3-8,13,26H,9-12,14H2,1-2H3,(H,25,31)(H,28,32). The minimum absolute atomic E-state index is 0.0883. The van der Waals surface area contributed by atoms with Gasteiger partial charge < -0.3 is 20.2 Å². The van der Waals surface area contributed by atoms with Gasteiger partial charge in [-0.05, 0) is 36.8 Å². The van der Waals surface area contributed by atoms with Crippen molar-refractivity contribution >= 4 is 33.4 Å². The van der Waals surface area contributed by atoms with Gasteiger partial charge in [0.15, 0.2) is 0 Å². The van der Waals surface area contributed by atoms with Gasteiger partial charge in [-0.25, -0.2) is 4.98 Å². The molecule has 0 aliphatic carbocycles. The summed E-state index contributed by atoms with van der Waals surface area (Å²) in [6, 6.07) is 12.0. The van der Waals surface area contributed by atoms with Crippen LogP contribution in [0.3, 0.4) is 0 Å². The number of hydrogen-bond donors (Lipinski definition) is 3. The lowest BCUT2D eigenvalue weighted by atomic mass is 10.1. The number of pyridine rings is 2. The molecule has 32 heavy (non-hydrogen) atoms. The number of fused-ring (bicyclic) bond motifs is 3. The Morgan fingerprint density at radius 1 is 1.09 bits per heavy atom. The van der Waals surface area contributed by atoms with Crippen molar-refractivity contribution < 1.29 is 4.79 Å². The Balaban J connectivity index is 1.28. The Labute approximate surface area is 185 Å². The van der Waals surface area contributed by atoms with Crippen LogP contribution in [0.2, 0.25) is 0 Å². The molecule has 0 unspecified atom stereocenters. The fourth-order valence-electron chi connectivity index (χ4n) is 4.54. The molecule has 0 bridgehead atoms. The van der Waals surface area contributed by atoms with E-state index in [0.29, 0.717) is 11.2 Å². The molecule has 1 aromatic carbocycles. The van der Waals surface area contributed by atoms with Crippen LogP contribution in [0.1, 0.15) is 21.7 Å². The molecule has 4 aromatic rings. The van der Waals surface area contributed by atoms with Crippen LogP contribution in [0, 0.1) is 6.92 Å². The van der Waals surface area contributed by atoms with E-state index in [4.69, 9.17) is 0 Å². The molecule has 4 heterocycles. The number of H-pyrrole nitrogens is 2. The van der Waals surface area contributed by atoms with Gasteiger partial charge in [-0.15, -0.1) is 0 Å². The van der Waals surface area contributed by atoms with E-state index < -0.39 is 0 Å². The molecule has 8 nitrogen and oxygen atoms in total. The zero-order chi connectivity index (χ0) is 22.2. The number of anilines is 1. The highest BCUT2D eigenvalue weighted by molar-refractivity contribution is 6.04. The number of carbonyl (C=O) groups is 1. The summed E-state index contributed by atoms with van der Waals surface area (Å²) < 4.78 is 0. The summed E-state index contributed by atoms with van der Waals surface area (Å²) in [5, 5.41) is 4.62. The molecule has 0 atom stereocenters. The number of benzene rings is 1. The van der Waals surface area contributed by atoms with Crippen molar-refractivity contribution in [3.63, 3.8) is 0 Å². The fourth-order valence-corrected chi connectivity index (χ4v) is 4.54. The van der Waals surface area contributed by atoms with E-state index in [-0.39, 0.29) is 11.5 Å². The number of piperazine rings is 1. The highest BCUT2D eigenvalue weighted by Crippen LogP contribution is 2.24. The maximum atomic E-state index is 12.3. The summed E-state index contributed by atoms with van der Waals surface area (Å²) in [7, 11) is 1.61. The third-order valence-electron chi connectivity index (χ3n) is 6.23. The van der Waals surface area contributed by atoms with E-state index in [9.17, 15) is 9.59 Å². The number of hydrogen-bond acceptors (Lipinski definition) is 5. The van der Waals surface area contributed by atoms with E-state index in [2.05, 4.69) is 48.3 Å². The Morgan fingerprint density at radius 3 is 2.66 bits per heavy atom. The van der Waals surface area contributed by atoms with E-state index in [1.165, 1.54) is 5.56 Å². The number of nitrogens with one attached hydrogen (secondary N) is 3. The molecule has 3 N–H and O–H groups in total. The van der Waals surface area contributed by atoms with Crippen molar-refractivity contribution in [2.75, 3.05) is 38.1 Å². The smallest absolute Gasteiger partial charge is 0.272 e. The first-order valence-corrected chi connectivity index (χ1v) is 10.8. The van der Waals surface area contributed by atoms with Crippen molar-refractivity contribution in [1.82, 2.24) is 25.2 Å². The zero-order valence-corrected chi connectivity index (χ0v) is 18.2. The maximum absolute atomic E-state index is 12.3. The second-order valence-corrected chi connectivity index (χ2v) is 8.24. The van der Waals surface area contributed by atoms with Crippen LogP contribution in [0.15, 0.2) is 47.4 Å². The predicted molar refractivity (Wildman–Crippen MR) is 126 cm³/mol. The average Bonchev–Trinajstić information content (AvgIpc) is 3.30.